The van der Waals surface area contributed by atoms with E-state index >= 15 is 0 Å². The lowest BCUT2D eigenvalue weighted by Gasteiger charge is -2.48. The molecule has 4 rings (SSSR count). The normalized spacial score (nSPS) is 21.5. The minimum Gasteiger partial charge on any atom is -0.497 e. The fraction of sp³-hybridized carbons (Fsp3) is 0.500. The number of nitrogens with zero attached hydrogens (tertiary/aromatic N) is 1. The standard InChI is InChI=1S/C34H46N2O2/c1-33(2,3)27-15-13-26(14-16-27)31-24-28(17-18-29-10-8-7-9-22-35-29)34(4,5)32(37)36(31)23-21-25-11-19-30(38-6)20-12-25/h9-16,19-20,22,28,31,35H,7-8,17-18,21,23-24H2,1-6H3. The van der Waals surface area contributed by atoms with Gasteiger partial charge in [-0.3, -0.25) is 4.79 Å². The van der Waals surface area contributed by atoms with Crippen molar-refractivity contribution >= 4 is 5.91 Å². The lowest BCUT2D eigenvalue weighted by molar-refractivity contribution is -0.153. The third kappa shape index (κ3) is 6.51. The molecule has 0 radical (unpaired) electrons. The van der Waals surface area contributed by atoms with Crippen LogP contribution in [0.3, 0.4) is 0 Å². The Balaban J connectivity index is 1.58. The van der Waals surface area contributed by atoms with Crippen LogP contribution in [-0.4, -0.2) is 24.5 Å². The zero-order valence-electron chi connectivity index (χ0n) is 24.2. The Bertz CT molecular complexity index is 1140. The van der Waals surface area contributed by atoms with Crippen molar-refractivity contribution in [2.75, 3.05) is 13.7 Å². The molecule has 1 N–H and O–H groups in total. The van der Waals surface area contributed by atoms with Crippen molar-refractivity contribution in [1.29, 1.82) is 0 Å². The lowest BCUT2D eigenvalue weighted by Crippen LogP contribution is -2.52. The van der Waals surface area contributed by atoms with E-state index in [1.165, 1.54) is 22.4 Å². The van der Waals surface area contributed by atoms with Crippen LogP contribution >= 0.6 is 0 Å². The van der Waals surface area contributed by atoms with Gasteiger partial charge in [0.15, 0.2) is 0 Å². The second-order valence-electron chi connectivity index (χ2n) is 12.5. The van der Waals surface area contributed by atoms with Crippen LogP contribution in [0.5, 0.6) is 5.75 Å². The van der Waals surface area contributed by atoms with Crippen molar-refractivity contribution in [2.24, 2.45) is 11.3 Å². The van der Waals surface area contributed by atoms with Crippen molar-refractivity contribution in [1.82, 2.24) is 10.2 Å². The van der Waals surface area contributed by atoms with Crippen LogP contribution in [0.1, 0.15) is 89.5 Å². The van der Waals surface area contributed by atoms with E-state index in [1.54, 1.807) is 7.11 Å². The quantitative estimate of drug-likeness (QED) is 0.392. The van der Waals surface area contributed by atoms with Gasteiger partial charge in [0, 0.05) is 17.7 Å². The number of piperidine rings is 1. The smallest absolute Gasteiger partial charge is 0.229 e. The summed E-state index contributed by atoms with van der Waals surface area (Å²) in [5.74, 6) is 1.45. The van der Waals surface area contributed by atoms with E-state index in [0.717, 1.165) is 44.3 Å². The number of amides is 1. The minimum atomic E-state index is -0.400. The molecule has 0 spiro atoms. The molecule has 2 heterocycles. The summed E-state index contributed by atoms with van der Waals surface area (Å²) in [5.41, 5.74) is 4.78. The highest BCUT2D eigenvalue weighted by molar-refractivity contribution is 5.83. The molecular formula is C34H46N2O2. The van der Waals surface area contributed by atoms with Gasteiger partial charge in [-0.05, 0) is 84.9 Å². The molecule has 2 atom stereocenters. The minimum absolute atomic E-state index is 0.0868. The molecule has 2 aromatic rings. The van der Waals surface area contributed by atoms with Gasteiger partial charge in [-0.2, -0.15) is 0 Å². The largest absolute Gasteiger partial charge is 0.497 e. The summed E-state index contributed by atoms with van der Waals surface area (Å²) in [5, 5.41) is 3.45. The van der Waals surface area contributed by atoms with Crippen LogP contribution in [0.15, 0.2) is 72.6 Å². The second kappa shape index (κ2) is 11.8. The zero-order valence-corrected chi connectivity index (χ0v) is 24.2. The average molecular weight is 515 g/mol. The fourth-order valence-corrected chi connectivity index (χ4v) is 5.84. The van der Waals surface area contributed by atoms with Crippen LogP contribution < -0.4 is 10.1 Å². The number of hydrogen-bond acceptors (Lipinski definition) is 3. The third-order valence-electron chi connectivity index (χ3n) is 8.55. The van der Waals surface area contributed by atoms with Gasteiger partial charge in [0.05, 0.1) is 13.2 Å². The number of methoxy groups -OCH3 is 1. The highest BCUT2D eigenvalue weighted by Gasteiger charge is 2.47. The molecule has 0 aromatic heterocycles. The molecule has 1 fully saturated rings. The van der Waals surface area contributed by atoms with E-state index in [9.17, 15) is 4.79 Å². The first-order valence-corrected chi connectivity index (χ1v) is 14.2. The molecule has 204 valence electrons. The van der Waals surface area contributed by atoms with Crippen LogP contribution in [0, 0.1) is 11.3 Å². The number of nitrogens with one attached hydrogen (secondary N) is 1. The second-order valence-corrected chi connectivity index (χ2v) is 12.5. The highest BCUT2D eigenvalue weighted by atomic mass is 16.5. The number of rotatable bonds is 8. The molecule has 4 nitrogen and oxygen atoms in total. The van der Waals surface area contributed by atoms with E-state index in [4.69, 9.17) is 4.74 Å². The topological polar surface area (TPSA) is 41.6 Å². The molecule has 0 saturated carbocycles. The number of benzene rings is 2. The Kier molecular flexibility index (Phi) is 8.70. The molecule has 2 aliphatic heterocycles. The summed E-state index contributed by atoms with van der Waals surface area (Å²) in [6.07, 6.45) is 12.5. The molecule has 4 heteroatoms. The predicted octanol–water partition coefficient (Wildman–Crippen LogP) is 7.71. The Morgan fingerprint density at radius 1 is 1.00 bits per heavy atom. The molecule has 38 heavy (non-hydrogen) atoms. The Labute approximate surface area is 230 Å². The SMILES string of the molecule is COc1ccc(CCN2C(=O)C(C)(C)C(CCC3=CCCC=CN3)CC2c2ccc(C(C)(C)C)cc2)cc1. The first kappa shape index (κ1) is 28.0. The van der Waals surface area contributed by atoms with E-state index < -0.39 is 5.41 Å². The monoisotopic (exact) mass is 514 g/mol. The summed E-state index contributed by atoms with van der Waals surface area (Å²) in [4.78, 5) is 16.3. The number of likely N-dealkylation sites (tertiary alicyclic amines) is 1. The first-order valence-electron chi connectivity index (χ1n) is 14.2. The van der Waals surface area contributed by atoms with E-state index in [-0.39, 0.29) is 17.4 Å². The predicted molar refractivity (Wildman–Crippen MR) is 157 cm³/mol. The van der Waals surface area contributed by atoms with Gasteiger partial charge < -0.3 is 15.0 Å². The first-order chi connectivity index (χ1) is 18.1. The maximum Gasteiger partial charge on any atom is 0.229 e. The average Bonchev–Trinajstić information content (AvgIpc) is 3.18. The van der Waals surface area contributed by atoms with Gasteiger partial charge in [0.2, 0.25) is 5.91 Å². The van der Waals surface area contributed by atoms with Crippen molar-refractivity contribution in [2.45, 2.75) is 84.6 Å². The molecule has 0 bridgehead atoms. The van der Waals surface area contributed by atoms with Crippen LogP contribution in [-0.2, 0) is 16.6 Å². The Morgan fingerprint density at radius 2 is 1.71 bits per heavy atom. The number of allylic oxidation sites excluding steroid dienone is 3. The van der Waals surface area contributed by atoms with E-state index in [2.05, 4.69) is 99.6 Å². The summed E-state index contributed by atoms with van der Waals surface area (Å²) in [6.45, 7) is 11.8. The van der Waals surface area contributed by atoms with Gasteiger partial charge in [0.1, 0.15) is 5.75 Å². The van der Waals surface area contributed by atoms with Crippen molar-refractivity contribution in [3.05, 3.63) is 89.3 Å². The van der Waals surface area contributed by atoms with E-state index in [1.807, 2.05) is 12.1 Å². The number of carbonyl (C=O) groups excluding carboxylic acids is 1. The summed E-state index contributed by atoms with van der Waals surface area (Å²) < 4.78 is 5.33. The van der Waals surface area contributed by atoms with Gasteiger partial charge in [0.25, 0.3) is 0 Å². The molecular weight excluding hydrogens is 468 g/mol. The molecule has 0 aliphatic carbocycles. The van der Waals surface area contributed by atoms with Crippen LogP contribution in [0.25, 0.3) is 0 Å². The highest BCUT2D eigenvalue weighted by Crippen LogP contribution is 2.47. The van der Waals surface area contributed by atoms with Crippen LogP contribution in [0.4, 0.5) is 0 Å². The van der Waals surface area contributed by atoms with Crippen molar-refractivity contribution in [3.63, 3.8) is 0 Å². The molecule has 1 amide bonds. The summed E-state index contributed by atoms with van der Waals surface area (Å²) in [7, 11) is 1.69. The number of ether oxygens (including phenoxy) is 1. The summed E-state index contributed by atoms with van der Waals surface area (Å²) >= 11 is 0. The van der Waals surface area contributed by atoms with Gasteiger partial charge in [-0.1, -0.05) is 83.2 Å². The third-order valence-corrected chi connectivity index (χ3v) is 8.55. The molecule has 2 aromatic carbocycles. The van der Waals surface area contributed by atoms with Gasteiger partial charge in [-0.15, -0.1) is 0 Å². The van der Waals surface area contributed by atoms with Crippen LogP contribution in [0.2, 0.25) is 0 Å². The maximum absolute atomic E-state index is 14.2. The van der Waals surface area contributed by atoms with Gasteiger partial charge >= 0.3 is 0 Å². The number of hydrogen-bond donors (Lipinski definition) is 1. The zero-order chi connectivity index (χ0) is 27.3. The fourth-order valence-electron chi connectivity index (χ4n) is 5.84. The van der Waals surface area contributed by atoms with E-state index in [0.29, 0.717) is 12.5 Å². The van der Waals surface area contributed by atoms with Gasteiger partial charge in [-0.25, -0.2) is 0 Å². The van der Waals surface area contributed by atoms with Crippen molar-refractivity contribution < 1.29 is 9.53 Å². The lowest BCUT2D eigenvalue weighted by atomic mass is 9.67. The van der Waals surface area contributed by atoms with Crippen molar-refractivity contribution in [3.8, 4) is 5.75 Å². The summed E-state index contributed by atoms with van der Waals surface area (Å²) in [6, 6.07) is 17.3. The molecule has 1 saturated heterocycles. The number of carbonyl (C=O) groups is 1. The Hall–Kier alpha value is -3.01. The molecule has 2 aliphatic rings. The maximum atomic E-state index is 14.2. The molecule has 2 unspecified atom stereocenters. The Morgan fingerprint density at radius 3 is 2.37 bits per heavy atom.